The average Bonchev–Trinajstić information content (AvgIpc) is 2.62. The highest BCUT2D eigenvalue weighted by Gasteiger charge is 2.39. The fourth-order valence-electron chi connectivity index (χ4n) is 1.72. The van der Waals surface area contributed by atoms with E-state index in [1.165, 1.54) is 0 Å². The predicted molar refractivity (Wildman–Crippen MR) is 62.1 cm³/mol. The van der Waals surface area contributed by atoms with E-state index < -0.39 is 0 Å². The molecule has 0 radical (unpaired) electrons. The second kappa shape index (κ2) is 4.25. The summed E-state index contributed by atoms with van der Waals surface area (Å²) in [4.78, 5) is 11.9. The molecule has 2 N–H and O–H groups in total. The van der Waals surface area contributed by atoms with Gasteiger partial charge >= 0.3 is 0 Å². The number of amides is 1. The number of carbonyl (C=O) groups excluding carboxylic acids is 1. The zero-order chi connectivity index (χ0) is 11.6. The van der Waals surface area contributed by atoms with Crippen molar-refractivity contribution < 1.29 is 4.79 Å². The highest BCUT2D eigenvalue weighted by Crippen LogP contribution is 2.23. The van der Waals surface area contributed by atoms with Gasteiger partial charge < -0.3 is 10.6 Å². The van der Waals surface area contributed by atoms with Crippen molar-refractivity contribution in [1.82, 2.24) is 15.1 Å². The van der Waals surface area contributed by atoms with E-state index in [0.717, 1.165) is 31.7 Å². The van der Waals surface area contributed by atoms with Crippen LogP contribution in [0.25, 0.3) is 0 Å². The molecular weight excluding hydrogens is 204 g/mol. The van der Waals surface area contributed by atoms with E-state index >= 15 is 0 Å². The molecule has 1 aliphatic rings. The summed E-state index contributed by atoms with van der Waals surface area (Å²) in [6.45, 7) is 6.45. The first-order valence-corrected chi connectivity index (χ1v) is 5.69. The van der Waals surface area contributed by atoms with Crippen molar-refractivity contribution >= 4 is 11.6 Å². The lowest BCUT2D eigenvalue weighted by molar-refractivity contribution is -0.127. The lowest BCUT2D eigenvalue weighted by atomic mass is 9.83. The van der Waals surface area contributed by atoms with Crippen LogP contribution in [-0.4, -0.2) is 28.8 Å². The molecule has 0 aromatic carbocycles. The van der Waals surface area contributed by atoms with Gasteiger partial charge in [-0.2, -0.15) is 5.10 Å². The summed E-state index contributed by atoms with van der Waals surface area (Å²) >= 11 is 0. The van der Waals surface area contributed by atoms with Crippen molar-refractivity contribution in [2.24, 2.45) is 5.41 Å². The third kappa shape index (κ3) is 2.09. The molecule has 2 heterocycles. The Labute approximate surface area is 95.2 Å². The van der Waals surface area contributed by atoms with Crippen molar-refractivity contribution in [1.29, 1.82) is 0 Å². The van der Waals surface area contributed by atoms with Crippen molar-refractivity contribution in [3.63, 3.8) is 0 Å². The van der Waals surface area contributed by atoms with Crippen LogP contribution in [0.3, 0.4) is 0 Å². The minimum absolute atomic E-state index is 0.0716. The first-order valence-electron chi connectivity index (χ1n) is 5.69. The van der Waals surface area contributed by atoms with Crippen molar-refractivity contribution in [3.05, 3.63) is 12.4 Å². The van der Waals surface area contributed by atoms with E-state index in [9.17, 15) is 4.79 Å². The lowest BCUT2D eigenvalue weighted by Gasteiger charge is -2.37. The fraction of sp³-hybridized carbons (Fsp3) is 0.636. The number of rotatable bonds is 4. The molecule has 16 heavy (non-hydrogen) atoms. The van der Waals surface area contributed by atoms with Crippen molar-refractivity contribution in [3.8, 4) is 0 Å². The summed E-state index contributed by atoms with van der Waals surface area (Å²) in [6.07, 6.45) is 4.61. The van der Waals surface area contributed by atoms with Crippen LogP contribution < -0.4 is 10.6 Å². The number of carbonyl (C=O) groups is 1. The molecule has 88 valence electrons. The van der Waals surface area contributed by atoms with Gasteiger partial charge in [-0.1, -0.05) is 6.92 Å². The zero-order valence-corrected chi connectivity index (χ0v) is 9.79. The molecule has 1 aliphatic heterocycles. The number of aromatic nitrogens is 2. The van der Waals surface area contributed by atoms with E-state index in [4.69, 9.17) is 0 Å². The third-order valence-electron chi connectivity index (χ3n) is 2.92. The third-order valence-corrected chi connectivity index (χ3v) is 2.92. The van der Waals surface area contributed by atoms with Crippen LogP contribution in [0.2, 0.25) is 0 Å². The summed E-state index contributed by atoms with van der Waals surface area (Å²) < 4.78 is 1.84. The summed E-state index contributed by atoms with van der Waals surface area (Å²) in [7, 11) is 0. The minimum atomic E-state index is -0.257. The standard InChI is InChI=1S/C11H18N4O/c1-3-4-15-6-9(5-13-15)14-10(16)11(2)7-12-8-11/h5-6,12H,3-4,7-8H2,1-2H3,(H,14,16). The van der Waals surface area contributed by atoms with Gasteiger partial charge in [-0.05, 0) is 13.3 Å². The molecule has 5 heteroatoms. The van der Waals surface area contributed by atoms with Gasteiger partial charge in [-0.25, -0.2) is 0 Å². The normalized spacial score (nSPS) is 17.9. The van der Waals surface area contributed by atoms with Gasteiger partial charge in [0.1, 0.15) is 0 Å². The molecule has 0 aliphatic carbocycles. The largest absolute Gasteiger partial charge is 0.323 e. The molecule has 0 bridgehead atoms. The topological polar surface area (TPSA) is 59.0 Å². The Hall–Kier alpha value is -1.36. The highest BCUT2D eigenvalue weighted by molar-refractivity contribution is 5.95. The Morgan fingerprint density at radius 1 is 1.69 bits per heavy atom. The average molecular weight is 222 g/mol. The number of hydrogen-bond acceptors (Lipinski definition) is 3. The Morgan fingerprint density at radius 3 is 3.00 bits per heavy atom. The second-order valence-corrected chi connectivity index (χ2v) is 4.61. The van der Waals surface area contributed by atoms with Gasteiger partial charge in [0.15, 0.2) is 0 Å². The van der Waals surface area contributed by atoms with Crippen LogP contribution in [-0.2, 0) is 11.3 Å². The maximum atomic E-state index is 11.9. The Balaban J connectivity index is 1.95. The monoisotopic (exact) mass is 222 g/mol. The second-order valence-electron chi connectivity index (χ2n) is 4.61. The molecular formula is C11H18N4O. The van der Waals surface area contributed by atoms with E-state index in [1.54, 1.807) is 6.20 Å². The first kappa shape index (κ1) is 11.1. The molecule has 1 saturated heterocycles. The van der Waals surface area contributed by atoms with Gasteiger partial charge in [0.25, 0.3) is 0 Å². The molecule has 1 aromatic rings. The molecule has 0 unspecified atom stereocenters. The van der Waals surface area contributed by atoms with Crippen LogP contribution in [0.1, 0.15) is 20.3 Å². The van der Waals surface area contributed by atoms with Crippen LogP contribution in [0.15, 0.2) is 12.4 Å². The minimum Gasteiger partial charge on any atom is -0.323 e. The molecule has 0 atom stereocenters. The Bertz CT molecular complexity index is 381. The Kier molecular flexibility index (Phi) is 2.96. The summed E-state index contributed by atoms with van der Waals surface area (Å²) in [5, 5.41) is 10.2. The Morgan fingerprint density at radius 2 is 2.44 bits per heavy atom. The van der Waals surface area contributed by atoms with Crippen LogP contribution in [0.4, 0.5) is 5.69 Å². The molecule has 1 aromatic heterocycles. The summed E-state index contributed by atoms with van der Waals surface area (Å²) in [6, 6.07) is 0. The number of nitrogens with one attached hydrogen (secondary N) is 2. The van der Waals surface area contributed by atoms with E-state index in [0.29, 0.717) is 0 Å². The molecule has 5 nitrogen and oxygen atoms in total. The predicted octanol–water partition coefficient (Wildman–Crippen LogP) is 0.841. The zero-order valence-electron chi connectivity index (χ0n) is 9.79. The fourth-order valence-corrected chi connectivity index (χ4v) is 1.72. The molecule has 1 amide bonds. The van der Waals surface area contributed by atoms with E-state index in [1.807, 2.05) is 17.8 Å². The molecule has 0 saturated carbocycles. The maximum Gasteiger partial charge on any atom is 0.232 e. The van der Waals surface area contributed by atoms with Crippen LogP contribution >= 0.6 is 0 Å². The summed E-state index contributed by atoms with van der Waals surface area (Å²) in [5.41, 5.74) is 0.527. The van der Waals surface area contributed by atoms with E-state index in [-0.39, 0.29) is 11.3 Å². The molecule has 0 spiro atoms. The quantitative estimate of drug-likeness (QED) is 0.793. The van der Waals surface area contributed by atoms with Crippen molar-refractivity contribution in [2.45, 2.75) is 26.8 Å². The number of nitrogens with zero attached hydrogens (tertiary/aromatic N) is 2. The SMILES string of the molecule is CCCn1cc(NC(=O)C2(C)CNC2)cn1. The van der Waals surface area contributed by atoms with Gasteiger partial charge in [0, 0.05) is 25.8 Å². The van der Waals surface area contributed by atoms with Gasteiger partial charge in [0.2, 0.25) is 5.91 Å². The van der Waals surface area contributed by atoms with Crippen LogP contribution in [0, 0.1) is 5.41 Å². The van der Waals surface area contributed by atoms with E-state index in [2.05, 4.69) is 22.7 Å². The van der Waals surface area contributed by atoms with Gasteiger partial charge in [-0.3, -0.25) is 9.48 Å². The van der Waals surface area contributed by atoms with Gasteiger partial charge in [0.05, 0.1) is 17.3 Å². The number of aryl methyl sites for hydroxylation is 1. The number of hydrogen-bond donors (Lipinski definition) is 2. The number of anilines is 1. The first-order chi connectivity index (χ1) is 7.64. The highest BCUT2D eigenvalue weighted by atomic mass is 16.2. The van der Waals surface area contributed by atoms with Crippen molar-refractivity contribution in [2.75, 3.05) is 18.4 Å². The lowest BCUT2D eigenvalue weighted by Crippen LogP contribution is -2.57. The smallest absolute Gasteiger partial charge is 0.232 e. The maximum absolute atomic E-state index is 11.9. The molecule has 1 fully saturated rings. The summed E-state index contributed by atoms with van der Waals surface area (Å²) in [5.74, 6) is 0.0716. The van der Waals surface area contributed by atoms with Gasteiger partial charge in [-0.15, -0.1) is 0 Å². The van der Waals surface area contributed by atoms with Crippen LogP contribution in [0.5, 0.6) is 0 Å². The molecule has 2 rings (SSSR count).